The maximum absolute atomic E-state index is 12.6. The Morgan fingerprint density at radius 3 is 2.24 bits per heavy atom. The summed E-state index contributed by atoms with van der Waals surface area (Å²) in [7, 11) is 3.10. The van der Waals surface area contributed by atoms with Crippen LogP contribution in [-0.4, -0.2) is 47.4 Å². The molecule has 1 fully saturated rings. The van der Waals surface area contributed by atoms with Crippen LogP contribution in [0.1, 0.15) is 18.1 Å². The lowest BCUT2D eigenvalue weighted by atomic mass is 10.1. The first-order chi connectivity index (χ1) is 15.9. The van der Waals surface area contributed by atoms with Gasteiger partial charge in [-0.3, -0.25) is 19.4 Å². The lowest BCUT2D eigenvalue weighted by Crippen LogP contribution is -2.52. The fourth-order valence-electron chi connectivity index (χ4n) is 3.63. The Balaban J connectivity index is 1.58. The second-order valence-corrected chi connectivity index (χ2v) is 8.04. The maximum atomic E-state index is 12.6. The zero-order valence-corrected chi connectivity index (χ0v) is 19.5. The van der Waals surface area contributed by atoms with E-state index in [2.05, 4.69) is 24.3 Å². The van der Waals surface area contributed by atoms with Gasteiger partial charge in [0.15, 0.2) is 16.6 Å². The predicted octanol–water partition coefficient (Wildman–Crippen LogP) is 4.42. The van der Waals surface area contributed by atoms with E-state index in [1.165, 1.54) is 15.2 Å². The highest BCUT2D eigenvalue weighted by Crippen LogP contribution is 2.31. The van der Waals surface area contributed by atoms with Crippen molar-refractivity contribution >= 4 is 46.0 Å². The van der Waals surface area contributed by atoms with Gasteiger partial charge in [-0.1, -0.05) is 42.5 Å². The van der Waals surface area contributed by atoms with Gasteiger partial charge in [-0.25, -0.2) is 0 Å². The van der Waals surface area contributed by atoms with Crippen molar-refractivity contribution < 1.29 is 19.1 Å². The van der Waals surface area contributed by atoms with Crippen LogP contribution in [0.4, 0.5) is 0 Å². The summed E-state index contributed by atoms with van der Waals surface area (Å²) in [6.07, 6.45) is 1.55. The van der Waals surface area contributed by atoms with Crippen LogP contribution in [-0.2, 0) is 16.2 Å². The van der Waals surface area contributed by atoms with Crippen LogP contribution in [0.25, 0.3) is 16.8 Å². The van der Waals surface area contributed by atoms with Crippen molar-refractivity contribution in [3.05, 3.63) is 77.4 Å². The highest BCUT2D eigenvalue weighted by Gasteiger charge is 2.35. The van der Waals surface area contributed by atoms with Gasteiger partial charge in [-0.2, -0.15) is 0 Å². The number of likely N-dealkylation sites (N-methyl/N-ethyl adjacent to an activating group) is 2. The van der Waals surface area contributed by atoms with Gasteiger partial charge in [-0.05, 0) is 65.3 Å². The topological polar surface area (TPSA) is 59.1 Å². The number of nitrogens with zero attached hydrogens (tertiary/aromatic N) is 2. The van der Waals surface area contributed by atoms with E-state index in [9.17, 15) is 9.59 Å². The fourth-order valence-corrected chi connectivity index (χ4v) is 3.80. The van der Waals surface area contributed by atoms with Crippen LogP contribution in [0.15, 0.2) is 66.2 Å². The number of carbonyl (C=O) groups excluding carboxylic acids is 2. The van der Waals surface area contributed by atoms with Crippen LogP contribution in [0, 0.1) is 0 Å². The van der Waals surface area contributed by atoms with E-state index < -0.39 is 11.8 Å². The van der Waals surface area contributed by atoms with E-state index in [1.54, 1.807) is 38.4 Å². The molecule has 0 saturated carbocycles. The first-order valence-corrected chi connectivity index (χ1v) is 11.0. The summed E-state index contributed by atoms with van der Waals surface area (Å²) in [6, 6.07) is 19.7. The molecular weight excluding hydrogens is 436 g/mol. The molecule has 168 valence electrons. The van der Waals surface area contributed by atoms with Crippen LogP contribution in [0.5, 0.6) is 11.5 Å². The van der Waals surface area contributed by atoms with Crippen molar-refractivity contribution in [2.24, 2.45) is 0 Å². The molecule has 1 saturated heterocycles. The van der Waals surface area contributed by atoms with Crippen LogP contribution >= 0.6 is 12.2 Å². The zero-order valence-electron chi connectivity index (χ0n) is 18.7. The average Bonchev–Trinajstić information content (AvgIpc) is 2.83. The molecule has 0 unspecified atom stereocenters. The van der Waals surface area contributed by atoms with E-state index in [-0.39, 0.29) is 10.7 Å². The van der Waals surface area contributed by atoms with Crippen molar-refractivity contribution in [1.29, 1.82) is 0 Å². The highest BCUT2D eigenvalue weighted by molar-refractivity contribution is 7.80. The lowest BCUT2D eigenvalue weighted by molar-refractivity contribution is -0.132. The summed E-state index contributed by atoms with van der Waals surface area (Å²) < 4.78 is 11.8. The summed E-state index contributed by atoms with van der Waals surface area (Å²) in [5.74, 6) is 0.264. The summed E-state index contributed by atoms with van der Waals surface area (Å²) in [4.78, 5) is 27.8. The number of hydrogen-bond donors (Lipinski definition) is 0. The maximum Gasteiger partial charge on any atom is 0.265 e. The van der Waals surface area contributed by atoms with E-state index in [4.69, 9.17) is 21.7 Å². The zero-order chi connectivity index (χ0) is 23.5. The minimum atomic E-state index is -0.433. The van der Waals surface area contributed by atoms with E-state index in [0.29, 0.717) is 30.3 Å². The molecule has 4 rings (SSSR count). The molecule has 0 aromatic heterocycles. The SMILES string of the molecule is CCOc1cc(C=C2C(=O)N(C)C(=S)N(C)C2=O)ccc1OCc1ccc2ccccc2c1. The molecule has 1 aliphatic rings. The first kappa shape index (κ1) is 22.5. The third kappa shape index (κ3) is 4.59. The van der Waals surface area contributed by atoms with Gasteiger partial charge in [0.2, 0.25) is 0 Å². The van der Waals surface area contributed by atoms with Gasteiger partial charge >= 0.3 is 0 Å². The largest absolute Gasteiger partial charge is 0.490 e. The lowest BCUT2D eigenvalue weighted by Gasteiger charge is -2.31. The second kappa shape index (κ2) is 9.42. The molecule has 3 aromatic rings. The molecule has 2 amide bonds. The molecule has 7 heteroatoms. The van der Waals surface area contributed by atoms with E-state index >= 15 is 0 Å². The predicted molar refractivity (Wildman–Crippen MR) is 132 cm³/mol. The molecule has 1 aliphatic heterocycles. The normalized spacial score (nSPS) is 14.2. The molecule has 6 nitrogen and oxygen atoms in total. The molecule has 0 N–H and O–H groups in total. The van der Waals surface area contributed by atoms with Crippen molar-refractivity contribution in [2.75, 3.05) is 20.7 Å². The Hall–Kier alpha value is -3.71. The van der Waals surface area contributed by atoms with Gasteiger partial charge < -0.3 is 9.47 Å². The van der Waals surface area contributed by atoms with Gasteiger partial charge in [0.05, 0.1) is 6.61 Å². The number of carbonyl (C=O) groups is 2. The molecule has 1 heterocycles. The number of hydrogen-bond acceptors (Lipinski definition) is 5. The Bertz CT molecular complexity index is 1260. The van der Waals surface area contributed by atoms with Crippen molar-refractivity contribution in [3.63, 3.8) is 0 Å². The van der Waals surface area contributed by atoms with Gasteiger partial charge in [-0.15, -0.1) is 0 Å². The molecule has 0 radical (unpaired) electrons. The molecule has 0 aliphatic carbocycles. The number of benzene rings is 3. The Labute approximate surface area is 198 Å². The van der Waals surface area contributed by atoms with E-state index in [1.807, 2.05) is 25.1 Å². The third-order valence-electron chi connectivity index (χ3n) is 5.43. The van der Waals surface area contributed by atoms with Gasteiger partial charge in [0.25, 0.3) is 11.8 Å². The molecule has 0 bridgehead atoms. The van der Waals surface area contributed by atoms with Gasteiger partial charge in [0.1, 0.15) is 12.2 Å². The van der Waals surface area contributed by atoms with Crippen LogP contribution in [0.2, 0.25) is 0 Å². The van der Waals surface area contributed by atoms with Crippen LogP contribution in [0.3, 0.4) is 0 Å². The minimum Gasteiger partial charge on any atom is -0.490 e. The number of amides is 2. The third-order valence-corrected chi connectivity index (χ3v) is 5.98. The minimum absolute atomic E-state index is 0.0425. The molecule has 3 aromatic carbocycles. The Morgan fingerprint density at radius 2 is 1.55 bits per heavy atom. The summed E-state index contributed by atoms with van der Waals surface area (Å²) in [5.41, 5.74) is 1.74. The second-order valence-electron chi connectivity index (χ2n) is 7.68. The number of thiocarbonyl (C=S) groups is 1. The summed E-state index contributed by atoms with van der Waals surface area (Å²) in [6.45, 7) is 2.72. The number of ether oxygens (including phenoxy) is 2. The number of rotatable bonds is 6. The summed E-state index contributed by atoms with van der Waals surface area (Å²) in [5, 5.41) is 2.51. The molecule has 0 atom stereocenters. The fraction of sp³-hybridized carbons (Fsp3) is 0.192. The van der Waals surface area contributed by atoms with Crippen molar-refractivity contribution in [1.82, 2.24) is 9.80 Å². The van der Waals surface area contributed by atoms with Gasteiger partial charge in [0, 0.05) is 14.1 Å². The standard InChI is InChI=1S/C26H24N2O4S/c1-4-31-23-15-17(14-21-24(29)27(2)26(33)28(3)25(21)30)10-12-22(23)32-16-18-9-11-19-7-5-6-8-20(19)13-18/h5-15H,4,16H2,1-3H3. The van der Waals surface area contributed by atoms with Crippen molar-refractivity contribution in [3.8, 4) is 11.5 Å². The summed E-state index contributed by atoms with van der Waals surface area (Å²) >= 11 is 5.14. The quantitative estimate of drug-likeness (QED) is 0.310. The van der Waals surface area contributed by atoms with E-state index in [0.717, 1.165) is 10.9 Å². The average molecular weight is 461 g/mol. The molecule has 0 spiro atoms. The van der Waals surface area contributed by atoms with Crippen molar-refractivity contribution in [2.45, 2.75) is 13.5 Å². The number of fused-ring (bicyclic) bond motifs is 1. The smallest absolute Gasteiger partial charge is 0.265 e. The molecule has 33 heavy (non-hydrogen) atoms. The first-order valence-electron chi connectivity index (χ1n) is 10.6. The monoisotopic (exact) mass is 460 g/mol. The Kier molecular flexibility index (Phi) is 6.42. The Morgan fingerprint density at radius 1 is 0.848 bits per heavy atom. The highest BCUT2D eigenvalue weighted by atomic mass is 32.1. The molecular formula is C26H24N2O4S. The van der Waals surface area contributed by atoms with Crippen LogP contribution < -0.4 is 9.47 Å².